The molecule has 2 N–H and O–H groups in total. The van der Waals surface area contributed by atoms with Crippen molar-refractivity contribution in [3.8, 4) is 5.75 Å². The van der Waals surface area contributed by atoms with Crippen LogP contribution in [-0.2, 0) is 21.2 Å². The van der Waals surface area contributed by atoms with Gasteiger partial charge < -0.3 is 10.1 Å². The van der Waals surface area contributed by atoms with Crippen LogP contribution in [0.4, 0.5) is 5.69 Å². The van der Waals surface area contributed by atoms with Crippen molar-refractivity contribution in [1.82, 2.24) is 4.72 Å². The van der Waals surface area contributed by atoms with E-state index in [0.717, 1.165) is 12.0 Å². The summed E-state index contributed by atoms with van der Waals surface area (Å²) in [5.41, 5.74) is 1.55. The molecule has 1 amide bonds. The summed E-state index contributed by atoms with van der Waals surface area (Å²) in [6.07, 6.45) is 1.55. The molecule has 2 rings (SSSR count). The van der Waals surface area contributed by atoms with Crippen LogP contribution >= 0.6 is 0 Å². The van der Waals surface area contributed by atoms with Crippen molar-refractivity contribution >= 4 is 21.6 Å². The van der Waals surface area contributed by atoms with Gasteiger partial charge in [-0.2, -0.15) is 0 Å². The molecular weight excluding hydrogens is 364 g/mol. The smallest absolute Gasteiger partial charge is 0.240 e. The number of aryl methyl sites for hydroxylation is 1. The topological polar surface area (TPSA) is 84.5 Å². The highest BCUT2D eigenvalue weighted by molar-refractivity contribution is 7.89. The zero-order valence-corrected chi connectivity index (χ0v) is 16.5. The van der Waals surface area contributed by atoms with Crippen molar-refractivity contribution in [2.75, 3.05) is 18.5 Å². The minimum Gasteiger partial charge on any atom is -0.492 e. The number of sulfonamides is 1. The standard InChI is InChI=1S/C20H26N2O4S/c1-3-15-21-27(24,25)17-12-9-16(10-13-17)11-14-20(23)22-18-7-5-6-8-19(18)26-4-2/h5-10,12-13,21H,3-4,11,14-15H2,1-2H3,(H,22,23). The van der Waals surface area contributed by atoms with E-state index in [1.54, 1.807) is 30.3 Å². The van der Waals surface area contributed by atoms with Crippen LogP contribution in [0.2, 0.25) is 0 Å². The fourth-order valence-corrected chi connectivity index (χ4v) is 3.61. The van der Waals surface area contributed by atoms with Gasteiger partial charge in [-0.1, -0.05) is 31.2 Å². The number of anilines is 1. The first-order chi connectivity index (χ1) is 13.0. The Labute approximate surface area is 161 Å². The van der Waals surface area contributed by atoms with Gasteiger partial charge in [0.15, 0.2) is 0 Å². The summed E-state index contributed by atoms with van der Waals surface area (Å²) in [5.74, 6) is 0.519. The van der Waals surface area contributed by atoms with Crippen molar-refractivity contribution < 1.29 is 17.9 Å². The molecule has 2 aromatic carbocycles. The van der Waals surface area contributed by atoms with Gasteiger partial charge in [-0.05, 0) is 49.6 Å². The molecule has 0 saturated heterocycles. The molecule has 0 aliphatic heterocycles. The molecule has 0 aromatic heterocycles. The Morgan fingerprint density at radius 1 is 1.04 bits per heavy atom. The molecule has 0 unspecified atom stereocenters. The quantitative estimate of drug-likeness (QED) is 0.652. The van der Waals surface area contributed by atoms with E-state index in [9.17, 15) is 13.2 Å². The summed E-state index contributed by atoms with van der Waals surface area (Å²) >= 11 is 0. The van der Waals surface area contributed by atoms with Crippen molar-refractivity contribution in [3.63, 3.8) is 0 Å². The van der Waals surface area contributed by atoms with Crippen LogP contribution in [0.15, 0.2) is 53.4 Å². The molecule has 2 aromatic rings. The van der Waals surface area contributed by atoms with Crippen LogP contribution in [0.5, 0.6) is 5.75 Å². The lowest BCUT2D eigenvalue weighted by atomic mass is 10.1. The summed E-state index contributed by atoms with van der Waals surface area (Å²) < 4.78 is 32.2. The third kappa shape index (κ3) is 6.37. The summed E-state index contributed by atoms with van der Waals surface area (Å²) in [6, 6.07) is 13.9. The van der Waals surface area contributed by atoms with Gasteiger partial charge in [-0.25, -0.2) is 13.1 Å². The Bertz CT molecular complexity index is 849. The van der Waals surface area contributed by atoms with Crippen molar-refractivity contribution in [3.05, 3.63) is 54.1 Å². The van der Waals surface area contributed by atoms with Crippen molar-refractivity contribution in [1.29, 1.82) is 0 Å². The van der Waals surface area contributed by atoms with Crippen LogP contribution in [0.25, 0.3) is 0 Å². The van der Waals surface area contributed by atoms with Gasteiger partial charge in [0.1, 0.15) is 5.75 Å². The Morgan fingerprint density at radius 3 is 2.41 bits per heavy atom. The van der Waals surface area contributed by atoms with Crippen LogP contribution in [-0.4, -0.2) is 27.5 Å². The molecule has 0 aliphatic rings. The molecule has 7 heteroatoms. The van der Waals surface area contributed by atoms with E-state index in [2.05, 4.69) is 10.0 Å². The highest BCUT2D eigenvalue weighted by Gasteiger charge is 2.13. The van der Waals surface area contributed by atoms with Gasteiger partial charge in [0.05, 0.1) is 17.2 Å². The van der Waals surface area contributed by atoms with Gasteiger partial charge in [-0.3, -0.25) is 4.79 Å². The zero-order valence-electron chi connectivity index (χ0n) is 15.7. The minimum absolute atomic E-state index is 0.122. The first kappa shape index (κ1) is 20.9. The third-order valence-corrected chi connectivity index (χ3v) is 5.35. The first-order valence-electron chi connectivity index (χ1n) is 9.06. The summed E-state index contributed by atoms with van der Waals surface area (Å²) in [4.78, 5) is 12.4. The summed E-state index contributed by atoms with van der Waals surface area (Å²) in [5, 5.41) is 2.85. The lowest BCUT2D eigenvalue weighted by molar-refractivity contribution is -0.116. The number of para-hydroxylation sites is 2. The maximum atomic E-state index is 12.2. The fraction of sp³-hybridized carbons (Fsp3) is 0.350. The zero-order chi connectivity index (χ0) is 19.7. The van der Waals surface area contributed by atoms with E-state index in [1.165, 1.54) is 0 Å². The number of nitrogens with one attached hydrogen (secondary N) is 2. The predicted octanol–water partition coefficient (Wildman–Crippen LogP) is 3.34. The maximum absolute atomic E-state index is 12.2. The predicted molar refractivity (Wildman–Crippen MR) is 106 cm³/mol. The number of ether oxygens (including phenoxy) is 1. The second-order valence-corrected chi connectivity index (χ2v) is 7.79. The number of carbonyl (C=O) groups is 1. The van der Waals surface area contributed by atoms with Crippen molar-refractivity contribution in [2.45, 2.75) is 38.0 Å². The van der Waals surface area contributed by atoms with E-state index >= 15 is 0 Å². The SMILES string of the molecule is CCCNS(=O)(=O)c1ccc(CCC(=O)Nc2ccccc2OCC)cc1. The highest BCUT2D eigenvalue weighted by atomic mass is 32.2. The van der Waals surface area contributed by atoms with E-state index in [0.29, 0.717) is 37.4 Å². The van der Waals surface area contributed by atoms with Crippen LogP contribution < -0.4 is 14.8 Å². The molecule has 0 spiro atoms. The molecule has 0 atom stereocenters. The van der Waals surface area contributed by atoms with Gasteiger partial charge in [0.2, 0.25) is 15.9 Å². The number of amides is 1. The van der Waals surface area contributed by atoms with Gasteiger partial charge >= 0.3 is 0 Å². The lowest BCUT2D eigenvalue weighted by Gasteiger charge is -2.11. The lowest BCUT2D eigenvalue weighted by Crippen LogP contribution is -2.24. The van der Waals surface area contributed by atoms with Gasteiger partial charge in [0.25, 0.3) is 0 Å². The van der Waals surface area contributed by atoms with Crippen molar-refractivity contribution in [2.24, 2.45) is 0 Å². The second kappa shape index (κ2) is 10.1. The average molecular weight is 391 g/mol. The normalized spacial score (nSPS) is 11.2. The van der Waals surface area contributed by atoms with E-state index in [-0.39, 0.29) is 10.8 Å². The number of benzene rings is 2. The van der Waals surface area contributed by atoms with Gasteiger partial charge in [0, 0.05) is 13.0 Å². The molecular formula is C20H26N2O4S. The molecule has 146 valence electrons. The highest BCUT2D eigenvalue weighted by Crippen LogP contribution is 2.24. The molecule has 0 radical (unpaired) electrons. The molecule has 0 aliphatic carbocycles. The van der Waals surface area contributed by atoms with E-state index in [4.69, 9.17) is 4.74 Å². The van der Waals surface area contributed by atoms with E-state index < -0.39 is 10.0 Å². The minimum atomic E-state index is -3.46. The molecule has 27 heavy (non-hydrogen) atoms. The number of hydrogen-bond donors (Lipinski definition) is 2. The molecule has 0 heterocycles. The Hall–Kier alpha value is -2.38. The monoisotopic (exact) mass is 390 g/mol. The number of hydrogen-bond acceptors (Lipinski definition) is 4. The van der Waals surface area contributed by atoms with Crippen LogP contribution in [0.1, 0.15) is 32.3 Å². The van der Waals surface area contributed by atoms with Crippen LogP contribution in [0, 0.1) is 0 Å². The molecule has 0 fully saturated rings. The number of rotatable bonds is 10. The molecule has 6 nitrogen and oxygen atoms in total. The second-order valence-electron chi connectivity index (χ2n) is 6.02. The summed E-state index contributed by atoms with van der Waals surface area (Å²) in [6.45, 7) is 4.73. The largest absolute Gasteiger partial charge is 0.492 e. The Morgan fingerprint density at radius 2 is 1.74 bits per heavy atom. The average Bonchev–Trinajstić information content (AvgIpc) is 2.67. The van der Waals surface area contributed by atoms with Gasteiger partial charge in [-0.15, -0.1) is 0 Å². The van der Waals surface area contributed by atoms with E-state index in [1.807, 2.05) is 32.0 Å². The third-order valence-electron chi connectivity index (χ3n) is 3.88. The molecule has 0 bridgehead atoms. The Kier molecular flexibility index (Phi) is 7.82. The van der Waals surface area contributed by atoms with Crippen LogP contribution in [0.3, 0.4) is 0 Å². The first-order valence-corrected chi connectivity index (χ1v) is 10.5. The fourth-order valence-electron chi connectivity index (χ4n) is 2.48. The number of carbonyl (C=O) groups excluding carboxylic acids is 1. The Balaban J connectivity index is 1.92. The maximum Gasteiger partial charge on any atom is 0.240 e. The molecule has 0 saturated carbocycles. The summed E-state index contributed by atoms with van der Waals surface area (Å²) in [7, 11) is -3.46.